The fraction of sp³-hybridized carbons (Fsp3) is 0.235. The number of amides is 1. The van der Waals surface area contributed by atoms with Crippen LogP contribution < -0.4 is 10.1 Å². The second-order valence-corrected chi connectivity index (χ2v) is 5.08. The standard InChI is InChI=1S/C17H16FNO2/c18-15-6-4-13(5-7-15)17(20)19-11-12-3-8-16-14(10-12)2-1-9-21-16/h3-8,10H,1-2,9,11H2,(H,19,20). The van der Waals surface area contributed by atoms with E-state index >= 15 is 0 Å². The average molecular weight is 285 g/mol. The van der Waals surface area contributed by atoms with E-state index in [9.17, 15) is 9.18 Å². The van der Waals surface area contributed by atoms with Gasteiger partial charge in [-0.1, -0.05) is 12.1 Å². The van der Waals surface area contributed by atoms with E-state index in [4.69, 9.17) is 4.74 Å². The molecule has 2 aromatic carbocycles. The Bertz CT molecular complexity index is 652. The van der Waals surface area contributed by atoms with Gasteiger partial charge in [-0.3, -0.25) is 4.79 Å². The molecule has 1 N–H and O–H groups in total. The Morgan fingerprint density at radius 2 is 2.00 bits per heavy atom. The first-order valence-corrected chi connectivity index (χ1v) is 7.01. The van der Waals surface area contributed by atoms with Crippen LogP contribution in [0.4, 0.5) is 4.39 Å². The van der Waals surface area contributed by atoms with Crippen LogP contribution in [0.2, 0.25) is 0 Å². The summed E-state index contributed by atoms with van der Waals surface area (Å²) in [4.78, 5) is 12.0. The summed E-state index contributed by atoms with van der Waals surface area (Å²) in [6.45, 7) is 1.22. The number of ether oxygens (including phenoxy) is 1. The van der Waals surface area contributed by atoms with Crippen LogP contribution in [0.5, 0.6) is 5.75 Å². The van der Waals surface area contributed by atoms with Gasteiger partial charge in [0.25, 0.3) is 5.91 Å². The van der Waals surface area contributed by atoms with E-state index in [0.717, 1.165) is 30.8 Å². The molecule has 1 heterocycles. The molecule has 0 fully saturated rings. The molecule has 0 aromatic heterocycles. The molecule has 0 aliphatic carbocycles. The molecule has 3 rings (SSSR count). The van der Waals surface area contributed by atoms with Crippen molar-refractivity contribution in [1.29, 1.82) is 0 Å². The van der Waals surface area contributed by atoms with Crippen molar-refractivity contribution >= 4 is 5.91 Å². The molecular weight excluding hydrogens is 269 g/mol. The molecule has 3 nitrogen and oxygen atoms in total. The van der Waals surface area contributed by atoms with Crippen molar-refractivity contribution in [3.8, 4) is 5.75 Å². The summed E-state index contributed by atoms with van der Waals surface area (Å²) in [6.07, 6.45) is 2.04. The van der Waals surface area contributed by atoms with Crippen LogP contribution >= 0.6 is 0 Å². The second-order valence-electron chi connectivity index (χ2n) is 5.08. The van der Waals surface area contributed by atoms with Crippen LogP contribution in [0.1, 0.15) is 27.9 Å². The number of nitrogens with one attached hydrogen (secondary N) is 1. The Hall–Kier alpha value is -2.36. The molecule has 1 aliphatic heterocycles. The quantitative estimate of drug-likeness (QED) is 0.941. The lowest BCUT2D eigenvalue weighted by atomic mass is 10.0. The maximum atomic E-state index is 12.8. The highest BCUT2D eigenvalue weighted by Gasteiger charge is 2.11. The van der Waals surface area contributed by atoms with Gasteiger partial charge in [0.15, 0.2) is 0 Å². The van der Waals surface area contributed by atoms with Crippen LogP contribution in [0.15, 0.2) is 42.5 Å². The Kier molecular flexibility index (Phi) is 3.86. The number of halogens is 1. The number of carbonyl (C=O) groups excluding carboxylic acids is 1. The SMILES string of the molecule is O=C(NCc1ccc2c(c1)CCCO2)c1ccc(F)cc1. The zero-order valence-corrected chi connectivity index (χ0v) is 11.6. The number of rotatable bonds is 3. The molecule has 0 bridgehead atoms. The van der Waals surface area contributed by atoms with Gasteiger partial charge in [0, 0.05) is 12.1 Å². The third-order valence-corrected chi connectivity index (χ3v) is 3.53. The monoisotopic (exact) mass is 285 g/mol. The zero-order chi connectivity index (χ0) is 14.7. The Morgan fingerprint density at radius 3 is 2.81 bits per heavy atom. The van der Waals surface area contributed by atoms with E-state index in [2.05, 4.69) is 11.4 Å². The lowest BCUT2D eigenvalue weighted by Crippen LogP contribution is -2.23. The molecule has 108 valence electrons. The maximum Gasteiger partial charge on any atom is 0.251 e. The molecule has 0 saturated carbocycles. The Morgan fingerprint density at radius 1 is 1.19 bits per heavy atom. The third kappa shape index (κ3) is 3.21. The first-order valence-electron chi connectivity index (χ1n) is 7.01. The Balaban J connectivity index is 1.64. The van der Waals surface area contributed by atoms with Gasteiger partial charge in [-0.2, -0.15) is 0 Å². The molecular formula is C17H16FNO2. The van der Waals surface area contributed by atoms with Crippen molar-refractivity contribution in [2.45, 2.75) is 19.4 Å². The van der Waals surface area contributed by atoms with Gasteiger partial charge < -0.3 is 10.1 Å². The number of carbonyl (C=O) groups is 1. The summed E-state index contributed by atoms with van der Waals surface area (Å²) in [5.41, 5.74) is 2.68. The molecule has 2 aromatic rings. The number of hydrogen-bond donors (Lipinski definition) is 1. The lowest BCUT2D eigenvalue weighted by molar-refractivity contribution is 0.0951. The van der Waals surface area contributed by atoms with Gasteiger partial charge in [-0.15, -0.1) is 0 Å². The smallest absolute Gasteiger partial charge is 0.251 e. The van der Waals surface area contributed by atoms with Crippen molar-refractivity contribution in [2.24, 2.45) is 0 Å². The molecule has 0 spiro atoms. The van der Waals surface area contributed by atoms with Crippen LogP contribution in [0, 0.1) is 5.82 Å². The summed E-state index contributed by atoms with van der Waals surface area (Å²) >= 11 is 0. The third-order valence-electron chi connectivity index (χ3n) is 3.53. The zero-order valence-electron chi connectivity index (χ0n) is 11.6. The van der Waals surface area contributed by atoms with Crippen molar-refractivity contribution < 1.29 is 13.9 Å². The molecule has 0 saturated heterocycles. The number of fused-ring (bicyclic) bond motifs is 1. The van der Waals surface area contributed by atoms with Gasteiger partial charge in [-0.05, 0) is 54.3 Å². The highest BCUT2D eigenvalue weighted by atomic mass is 19.1. The van der Waals surface area contributed by atoms with Gasteiger partial charge in [-0.25, -0.2) is 4.39 Å². The van der Waals surface area contributed by atoms with Crippen LogP contribution in [0.25, 0.3) is 0 Å². The molecule has 4 heteroatoms. The number of aryl methyl sites for hydroxylation is 1. The normalized spacial score (nSPS) is 13.2. The van der Waals surface area contributed by atoms with E-state index in [0.29, 0.717) is 12.1 Å². The van der Waals surface area contributed by atoms with Gasteiger partial charge in [0.1, 0.15) is 11.6 Å². The summed E-state index contributed by atoms with van der Waals surface area (Å²) in [5.74, 6) is 0.389. The fourth-order valence-corrected chi connectivity index (χ4v) is 2.41. The summed E-state index contributed by atoms with van der Waals surface area (Å²) in [5, 5.41) is 2.84. The minimum absolute atomic E-state index is 0.205. The summed E-state index contributed by atoms with van der Waals surface area (Å²) < 4.78 is 18.4. The highest BCUT2D eigenvalue weighted by molar-refractivity contribution is 5.94. The molecule has 0 radical (unpaired) electrons. The maximum absolute atomic E-state index is 12.8. The molecule has 1 amide bonds. The van der Waals surface area contributed by atoms with Crippen LogP contribution in [-0.4, -0.2) is 12.5 Å². The summed E-state index contributed by atoms with van der Waals surface area (Å²) in [7, 11) is 0. The average Bonchev–Trinajstić information content (AvgIpc) is 2.53. The molecule has 0 unspecified atom stereocenters. The Labute approximate surface area is 122 Å². The van der Waals surface area contributed by atoms with Crippen LogP contribution in [-0.2, 0) is 13.0 Å². The van der Waals surface area contributed by atoms with E-state index in [1.54, 1.807) is 0 Å². The van der Waals surface area contributed by atoms with Crippen molar-refractivity contribution in [3.63, 3.8) is 0 Å². The first kappa shape index (κ1) is 13.6. The van der Waals surface area contributed by atoms with Crippen molar-refractivity contribution in [2.75, 3.05) is 6.61 Å². The van der Waals surface area contributed by atoms with Gasteiger partial charge in [0.2, 0.25) is 0 Å². The summed E-state index contributed by atoms with van der Waals surface area (Å²) in [6, 6.07) is 11.5. The highest BCUT2D eigenvalue weighted by Crippen LogP contribution is 2.25. The second kappa shape index (κ2) is 5.95. The van der Waals surface area contributed by atoms with Gasteiger partial charge >= 0.3 is 0 Å². The van der Waals surface area contributed by atoms with Gasteiger partial charge in [0.05, 0.1) is 6.61 Å². The van der Waals surface area contributed by atoms with Crippen molar-refractivity contribution in [3.05, 3.63) is 65.0 Å². The predicted molar refractivity (Wildman–Crippen MR) is 77.8 cm³/mol. The topological polar surface area (TPSA) is 38.3 Å². The van der Waals surface area contributed by atoms with Crippen LogP contribution in [0.3, 0.4) is 0 Å². The van der Waals surface area contributed by atoms with Crippen molar-refractivity contribution in [1.82, 2.24) is 5.32 Å². The predicted octanol–water partition coefficient (Wildman–Crippen LogP) is 3.08. The minimum Gasteiger partial charge on any atom is -0.493 e. The molecule has 1 aliphatic rings. The number of benzene rings is 2. The minimum atomic E-state index is -0.346. The number of hydrogen-bond acceptors (Lipinski definition) is 2. The lowest BCUT2D eigenvalue weighted by Gasteiger charge is -2.18. The first-order chi connectivity index (χ1) is 10.2. The van der Waals surface area contributed by atoms with E-state index in [1.165, 1.54) is 29.8 Å². The molecule has 21 heavy (non-hydrogen) atoms. The van der Waals surface area contributed by atoms with E-state index in [-0.39, 0.29) is 11.7 Å². The van der Waals surface area contributed by atoms with E-state index < -0.39 is 0 Å². The van der Waals surface area contributed by atoms with E-state index in [1.807, 2.05) is 12.1 Å². The fourth-order valence-electron chi connectivity index (χ4n) is 2.41. The molecule has 0 atom stereocenters. The largest absolute Gasteiger partial charge is 0.493 e.